The highest BCUT2D eigenvalue weighted by Crippen LogP contribution is 2.11. The summed E-state index contributed by atoms with van der Waals surface area (Å²) in [4.78, 5) is 7.81. The zero-order chi connectivity index (χ0) is 8.97. The Morgan fingerprint density at radius 2 is 2.08 bits per heavy atom. The molecule has 66 valence electrons. The Morgan fingerprint density at radius 3 is 2.58 bits per heavy atom. The van der Waals surface area contributed by atoms with Crippen LogP contribution in [-0.2, 0) is 0 Å². The Labute approximate surface area is 71.5 Å². The monoisotopic (exact) mass is 167 g/mol. The summed E-state index contributed by atoms with van der Waals surface area (Å²) in [7, 11) is 0. The topological polar surface area (TPSA) is 72.0 Å². The van der Waals surface area contributed by atoms with Gasteiger partial charge in [-0.05, 0) is 12.5 Å². The highest BCUT2D eigenvalue weighted by molar-refractivity contribution is 4.95. The maximum absolute atomic E-state index is 9.54. The van der Waals surface area contributed by atoms with Gasteiger partial charge in [0.1, 0.15) is 6.10 Å². The van der Waals surface area contributed by atoms with Crippen LogP contribution < -0.4 is 5.73 Å². The van der Waals surface area contributed by atoms with Crippen LogP contribution in [0.5, 0.6) is 0 Å². The van der Waals surface area contributed by atoms with Crippen molar-refractivity contribution in [3.05, 3.63) is 24.3 Å². The Hall–Kier alpha value is -1.00. The van der Waals surface area contributed by atoms with Gasteiger partial charge < -0.3 is 10.8 Å². The molecule has 4 heteroatoms. The van der Waals surface area contributed by atoms with E-state index in [-0.39, 0.29) is 6.04 Å². The number of hydrogen-bond acceptors (Lipinski definition) is 4. The zero-order valence-corrected chi connectivity index (χ0v) is 7.01. The third-order valence-corrected chi connectivity index (χ3v) is 1.73. The first kappa shape index (κ1) is 9.09. The van der Waals surface area contributed by atoms with Gasteiger partial charge in [0.25, 0.3) is 0 Å². The van der Waals surface area contributed by atoms with Crippen LogP contribution in [0.25, 0.3) is 0 Å². The van der Waals surface area contributed by atoms with Gasteiger partial charge in [-0.2, -0.15) is 0 Å². The van der Waals surface area contributed by atoms with E-state index in [0.29, 0.717) is 12.2 Å². The molecule has 1 heterocycles. The van der Waals surface area contributed by atoms with Crippen molar-refractivity contribution < 1.29 is 5.11 Å². The molecular weight excluding hydrogens is 154 g/mol. The van der Waals surface area contributed by atoms with E-state index in [1.807, 2.05) is 6.92 Å². The van der Waals surface area contributed by atoms with Gasteiger partial charge in [-0.25, -0.2) is 9.97 Å². The van der Waals surface area contributed by atoms with Gasteiger partial charge in [0.05, 0.1) is 0 Å². The summed E-state index contributed by atoms with van der Waals surface area (Å²) in [5, 5.41) is 9.54. The Bertz CT molecular complexity index is 227. The molecule has 0 bridgehead atoms. The fourth-order valence-electron chi connectivity index (χ4n) is 0.878. The van der Waals surface area contributed by atoms with E-state index < -0.39 is 6.10 Å². The van der Waals surface area contributed by atoms with Crippen LogP contribution in [0.4, 0.5) is 0 Å². The standard InChI is InChI=1S/C8H13N3O/c1-2-6(9)7(12)8-10-4-3-5-11-8/h3-7,12H,2,9H2,1H3/t6-,7+/m1/s1. The van der Waals surface area contributed by atoms with Crippen molar-refractivity contribution in [3.8, 4) is 0 Å². The van der Waals surface area contributed by atoms with Crippen molar-refractivity contribution in [1.29, 1.82) is 0 Å². The van der Waals surface area contributed by atoms with Crippen molar-refractivity contribution in [2.75, 3.05) is 0 Å². The summed E-state index contributed by atoms with van der Waals surface area (Å²) in [5.74, 6) is 0.395. The zero-order valence-electron chi connectivity index (χ0n) is 7.01. The second-order valence-electron chi connectivity index (χ2n) is 2.62. The average Bonchev–Trinajstić information content (AvgIpc) is 2.17. The first-order valence-corrected chi connectivity index (χ1v) is 3.96. The molecule has 3 N–H and O–H groups in total. The molecule has 0 aliphatic carbocycles. The highest BCUT2D eigenvalue weighted by atomic mass is 16.3. The van der Waals surface area contributed by atoms with Gasteiger partial charge in [-0.3, -0.25) is 0 Å². The maximum atomic E-state index is 9.54. The molecule has 0 aliphatic heterocycles. The van der Waals surface area contributed by atoms with Crippen LogP contribution >= 0.6 is 0 Å². The number of hydrogen-bond donors (Lipinski definition) is 2. The smallest absolute Gasteiger partial charge is 0.158 e. The molecule has 2 atom stereocenters. The second-order valence-corrected chi connectivity index (χ2v) is 2.62. The van der Waals surface area contributed by atoms with Crippen molar-refractivity contribution in [2.45, 2.75) is 25.5 Å². The molecule has 1 aromatic heterocycles. The van der Waals surface area contributed by atoms with E-state index >= 15 is 0 Å². The lowest BCUT2D eigenvalue weighted by Crippen LogP contribution is -2.28. The molecule has 0 saturated heterocycles. The minimum absolute atomic E-state index is 0.285. The first-order chi connectivity index (χ1) is 5.75. The summed E-state index contributed by atoms with van der Waals surface area (Å²) >= 11 is 0. The number of rotatable bonds is 3. The number of aliphatic hydroxyl groups excluding tert-OH is 1. The molecule has 0 amide bonds. The highest BCUT2D eigenvalue weighted by Gasteiger charge is 2.16. The second kappa shape index (κ2) is 4.13. The molecule has 1 aromatic rings. The molecule has 0 spiro atoms. The first-order valence-electron chi connectivity index (χ1n) is 3.96. The summed E-state index contributed by atoms with van der Waals surface area (Å²) < 4.78 is 0. The summed E-state index contributed by atoms with van der Waals surface area (Å²) in [6, 6.07) is 1.42. The van der Waals surface area contributed by atoms with Crippen molar-refractivity contribution in [1.82, 2.24) is 9.97 Å². The minimum Gasteiger partial charge on any atom is -0.383 e. The quantitative estimate of drug-likeness (QED) is 0.676. The lowest BCUT2D eigenvalue weighted by atomic mass is 10.1. The number of nitrogens with zero attached hydrogens (tertiary/aromatic N) is 2. The van der Waals surface area contributed by atoms with Gasteiger partial charge >= 0.3 is 0 Å². The van der Waals surface area contributed by atoms with Gasteiger partial charge in [-0.15, -0.1) is 0 Å². The summed E-state index contributed by atoms with van der Waals surface area (Å²) in [5.41, 5.74) is 5.62. The number of nitrogens with two attached hydrogens (primary N) is 1. The molecular formula is C8H13N3O. The van der Waals surface area contributed by atoms with Crippen LogP contribution in [0.15, 0.2) is 18.5 Å². The predicted octanol–water partition coefficient (Wildman–Crippen LogP) is 0.247. The molecule has 0 fully saturated rings. The molecule has 1 rings (SSSR count). The third kappa shape index (κ3) is 1.99. The molecule has 0 aromatic carbocycles. The fraction of sp³-hybridized carbons (Fsp3) is 0.500. The van der Waals surface area contributed by atoms with Crippen LogP contribution in [0.1, 0.15) is 25.3 Å². The van der Waals surface area contributed by atoms with E-state index in [0.717, 1.165) is 0 Å². The third-order valence-electron chi connectivity index (χ3n) is 1.73. The Balaban J connectivity index is 2.71. The molecule has 12 heavy (non-hydrogen) atoms. The predicted molar refractivity (Wildman–Crippen MR) is 45.3 cm³/mol. The normalized spacial score (nSPS) is 15.6. The van der Waals surface area contributed by atoms with Crippen molar-refractivity contribution >= 4 is 0 Å². The molecule has 0 saturated carbocycles. The minimum atomic E-state index is -0.754. The SMILES string of the molecule is CC[C@@H](N)[C@H](O)c1ncccn1. The maximum Gasteiger partial charge on any atom is 0.158 e. The van der Waals surface area contributed by atoms with E-state index in [1.54, 1.807) is 18.5 Å². The molecule has 0 radical (unpaired) electrons. The van der Waals surface area contributed by atoms with Crippen molar-refractivity contribution in [3.63, 3.8) is 0 Å². The summed E-state index contributed by atoms with van der Waals surface area (Å²) in [6.45, 7) is 1.91. The number of aliphatic hydroxyl groups is 1. The van der Waals surface area contributed by atoms with E-state index in [4.69, 9.17) is 5.73 Å². The molecule has 0 aliphatic rings. The van der Waals surface area contributed by atoms with Gasteiger partial charge in [0.2, 0.25) is 0 Å². The lowest BCUT2D eigenvalue weighted by Gasteiger charge is -2.14. The van der Waals surface area contributed by atoms with Gasteiger partial charge in [0.15, 0.2) is 5.82 Å². The molecule has 0 unspecified atom stereocenters. The number of aromatic nitrogens is 2. The van der Waals surface area contributed by atoms with Crippen LogP contribution in [0, 0.1) is 0 Å². The average molecular weight is 167 g/mol. The Morgan fingerprint density at radius 1 is 1.50 bits per heavy atom. The van der Waals surface area contributed by atoms with Gasteiger partial charge in [-0.1, -0.05) is 6.92 Å². The van der Waals surface area contributed by atoms with Gasteiger partial charge in [0, 0.05) is 18.4 Å². The molecule has 4 nitrogen and oxygen atoms in total. The van der Waals surface area contributed by atoms with Crippen molar-refractivity contribution in [2.24, 2.45) is 5.73 Å². The van der Waals surface area contributed by atoms with E-state index in [2.05, 4.69) is 9.97 Å². The van der Waals surface area contributed by atoms with Crippen LogP contribution in [0.3, 0.4) is 0 Å². The van der Waals surface area contributed by atoms with Crippen LogP contribution in [-0.4, -0.2) is 21.1 Å². The van der Waals surface area contributed by atoms with Crippen LogP contribution in [0.2, 0.25) is 0 Å². The Kier molecular flexibility index (Phi) is 3.13. The lowest BCUT2D eigenvalue weighted by molar-refractivity contribution is 0.135. The fourth-order valence-corrected chi connectivity index (χ4v) is 0.878. The van der Waals surface area contributed by atoms with E-state index in [9.17, 15) is 5.11 Å². The summed E-state index contributed by atoms with van der Waals surface area (Å²) in [6.07, 6.45) is 3.14. The largest absolute Gasteiger partial charge is 0.383 e. The van der Waals surface area contributed by atoms with E-state index in [1.165, 1.54) is 0 Å².